The Morgan fingerprint density at radius 1 is 0.721 bits per heavy atom. The molecule has 1 fully saturated rings. The predicted octanol–water partition coefficient (Wildman–Crippen LogP) is 12.1. The van der Waals surface area contributed by atoms with E-state index in [1.54, 1.807) is 12.1 Å². The van der Waals surface area contributed by atoms with Crippen molar-refractivity contribution in [3.05, 3.63) is 112 Å². The number of benzene rings is 4. The Balaban J connectivity index is 1.23. The third kappa shape index (κ3) is 7.41. The summed E-state index contributed by atoms with van der Waals surface area (Å²) < 4.78 is 78.8. The third-order valence-electron chi connectivity index (χ3n) is 8.47. The molecule has 0 spiro atoms. The highest BCUT2D eigenvalue weighted by Crippen LogP contribution is 2.40. The van der Waals surface area contributed by atoms with E-state index in [1.807, 2.05) is 0 Å². The standard InChI is InChI=1S/C36H34ClF5O/c1-2-3-4-5-23-6-8-24(9-7-23)27-13-18-31(34(39)21-27)36(41,42)43-29-15-10-25(11-16-29)26-12-17-30(33(38)20-26)28-14-19-32(37)35(40)22-28/h10-24H,2-9H2,1H3. The zero-order valence-electron chi connectivity index (χ0n) is 24.0. The number of alkyl halides is 2. The van der Waals surface area contributed by atoms with Crippen LogP contribution in [-0.4, -0.2) is 0 Å². The van der Waals surface area contributed by atoms with Crippen LogP contribution in [0.15, 0.2) is 78.9 Å². The van der Waals surface area contributed by atoms with Crippen molar-refractivity contribution in [2.24, 2.45) is 5.92 Å². The van der Waals surface area contributed by atoms with Crippen LogP contribution in [-0.2, 0) is 6.11 Å². The van der Waals surface area contributed by atoms with Crippen LogP contribution in [0, 0.1) is 23.4 Å². The zero-order chi connectivity index (χ0) is 30.6. The summed E-state index contributed by atoms with van der Waals surface area (Å²) in [6, 6.07) is 18.1. The second kappa shape index (κ2) is 13.5. The monoisotopic (exact) mass is 612 g/mol. The fourth-order valence-corrected chi connectivity index (χ4v) is 6.12. The van der Waals surface area contributed by atoms with Crippen molar-refractivity contribution >= 4 is 11.6 Å². The Kier molecular flexibility index (Phi) is 9.75. The molecule has 1 saturated carbocycles. The molecule has 1 aliphatic carbocycles. The molecule has 0 aliphatic heterocycles. The molecule has 43 heavy (non-hydrogen) atoms. The second-order valence-electron chi connectivity index (χ2n) is 11.4. The molecule has 4 aromatic rings. The van der Waals surface area contributed by atoms with E-state index in [-0.39, 0.29) is 22.3 Å². The number of unbranched alkanes of at least 4 members (excludes halogenated alkanes) is 2. The fourth-order valence-electron chi connectivity index (χ4n) is 6.00. The van der Waals surface area contributed by atoms with E-state index in [2.05, 4.69) is 6.92 Å². The van der Waals surface area contributed by atoms with Gasteiger partial charge in [0.2, 0.25) is 0 Å². The average Bonchev–Trinajstić information content (AvgIpc) is 2.99. The van der Waals surface area contributed by atoms with Crippen molar-refractivity contribution in [1.82, 2.24) is 0 Å². The Hall–Kier alpha value is -3.38. The first kappa shape index (κ1) is 31.1. The van der Waals surface area contributed by atoms with E-state index in [0.717, 1.165) is 43.4 Å². The van der Waals surface area contributed by atoms with Gasteiger partial charge in [-0.3, -0.25) is 0 Å². The van der Waals surface area contributed by atoms with Crippen LogP contribution >= 0.6 is 11.6 Å². The molecule has 1 aliphatic rings. The second-order valence-corrected chi connectivity index (χ2v) is 11.8. The average molecular weight is 613 g/mol. The van der Waals surface area contributed by atoms with Crippen molar-refractivity contribution in [1.29, 1.82) is 0 Å². The third-order valence-corrected chi connectivity index (χ3v) is 8.78. The van der Waals surface area contributed by atoms with Gasteiger partial charge in [-0.15, -0.1) is 0 Å². The largest absolute Gasteiger partial charge is 0.429 e. The van der Waals surface area contributed by atoms with Crippen molar-refractivity contribution in [2.45, 2.75) is 70.3 Å². The van der Waals surface area contributed by atoms with Crippen LogP contribution in [0.1, 0.15) is 75.3 Å². The first-order chi connectivity index (χ1) is 20.6. The molecule has 0 amide bonds. The highest BCUT2D eigenvalue weighted by Gasteiger charge is 2.38. The van der Waals surface area contributed by atoms with Gasteiger partial charge in [0.15, 0.2) is 0 Å². The summed E-state index contributed by atoms with van der Waals surface area (Å²) in [5.41, 5.74) is 1.52. The molecular formula is C36H34ClF5O. The number of halogens is 6. The van der Waals surface area contributed by atoms with Gasteiger partial charge in [-0.05, 0) is 102 Å². The molecule has 1 nitrogen and oxygen atoms in total. The summed E-state index contributed by atoms with van der Waals surface area (Å²) in [6.07, 6.45) is 5.11. The van der Waals surface area contributed by atoms with Crippen LogP contribution in [0.2, 0.25) is 5.02 Å². The maximum Gasteiger partial charge on any atom is 0.429 e. The quantitative estimate of drug-likeness (QED) is 0.128. The summed E-state index contributed by atoms with van der Waals surface area (Å²) >= 11 is 5.72. The number of ether oxygens (including phenoxy) is 1. The first-order valence-electron chi connectivity index (χ1n) is 14.9. The minimum absolute atomic E-state index is 0.0565. The number of hydrogen-bond acceptors (Lipinski definition) is 1. The Morgan fingerprint density at radius 2 is 1.40 bits per heavy atom. The van der Waals surface area contributed by atoms with Gasteiger partial charge in [-0.2, -0.15) is 8.78 Å². The molecule has 4 aromatic carbocycles. The van der Waals surface area contributed by atoms with Crippen molar-refractivity contribution in [2.75, 3.05) is 0 Å². The Morgan fingerprint density at radius 3 is 2.05 bits per heavy atom. The maximum absolute atomic E-state index is 15.1. The lowest BCUT2D eigenvalue weighted by molar-refractivity contribution is -0.187. The van der Waals surface area contributed by atoms with Gasteiger partial charge in [0, 0.05) is 5.56 Å². The molecule has 226 valence electrons. The molecule has 7 heteroatoms. The van der Waals surface area contributed by atoms with Crippen LogP contribution in [0.4, 0.5) is 22.0 Å². The van der Waals surface area contributed by atoms with E-state index < -0.39 is 29.1 Å². The minimum atomic E-state index is -3.89. The molecule has 0 atom stereocenters. The normalized spacial score (nSPS) is 17.2. The zero-order valence-corrected chi connectivity index (χ0v) is 24.7. The summed E-state index contributed by atoms with van der Waals surface area (Å²) in [6.45, 7) is 2.19. The highest BCUT2D eigenvalue weighted by molar-refractivity contribution is 6.30. The SMILES string of the molecule is CCCCCC1CCC(c2ccc(C(F)(F)Oc3ccc(-c4ccc(-c5ccc(Cl)c(F)c5)c(F)c4)cc3)c(F)c2)CC1. The molecule has 0 unspecified atom stereocenters. The number of hydrogen-bond donors (Lipinski definition) is 0. The van der Waals surface area contributed by atoms with Crippen LogP contribution in [0.25, 0.3) is 22.3 Å². The smallest absolute Gasteiger partial charge is 0.429 e. The predicted molar refractivity (Wildman–Crippen MR) is 162 cm³/mol. The first-order valence-corrected chi connectivity index (χ1v) is 15.2. The summed E-state index contributed by atoms with van der Waals surface area (Å²) in [7, 11) is 0. The van der Waals surface area contributed by atoms with E-state index >= 15 is 8.78 Å². The van der Waals surface area contributed by atoms with E-state index in [0.29, 0.717) is 22.6 Å². The summed E-state index contributed by atoms with van der Waals surface area (Å²) in [5, 5.41) is -0.0565. The van der Waals surface area contributed by atoms with Gasteiger partial charge in [0.1, 0.15) is 23.2 Å². The molecule has 0 N–H and O–H groups in total. The van der Waals surface area contributed by atoms with E-state index in [4.69, 9.17) is 16.3 Å². The molecule has 0 bridgehead atoms. The van der Waals surface area contributed by atoms with Crippen LogP contribution < -0.4 is 4.74 Å². The number of rotatable bonds is 10. The lowest BCUT2D eigenvalue weighted by atomic mass is 9.77. The molecule has 5 rings (SSSR count). The van der Waals surface area contributed by atoms with Gasteiger partial charge >= 0.3 is 6.11 Å². The van der Waals surface area contributed by atoms with E-state index in [9.17, 15) is 13.2 Å². The fraction of sp³-hybridized carbons (Fsp3) is 0.333. The molecule has 0 aromatic heterocycles. The topological polar surface area (TPSA) is 9.23 Å². The highest BCUT2D eigenvalue weighted by atomic mass is 35.5. The molecule has 0 saturated heterocycles. The minimum Gasteiger partial charge on any atom is -0.429 e. The lowest BCUT2D eigenvalue weighted by Crippen LogP contribution is -2.23. The van der Waals surface area contributed by atoms with Gasteiger partial charge in [0.05, 0.1) is 10.6 Å². The molecule has 0 heterocycles. The van der Waals surface area contributed by atoms with Crippen molar-refractivity contribution in [3.8, 4) is 28.0 Å². The van der Waals surface area contributed by atoms with Crippen molar-refractivity contribution < 1.29 is 26.7 Å². The summed E-state index contributed by atoms with van der Waals surface area (Å²) in [5.74, 6) is -1.49. The van der Waals surface area contributed by atoms with Gasteiger partial charge in [-0.1, -0.05) is 80.6 Å². The Bertz CT molecular complexity index is 1540. The van der Waals surface area contributed by atoms with Gasteiger partial charge < -0.3 is 4.74 Å². The molecule has 0 radical (unpaired) electrons. The maximum atomic E-state index is 15.1. The summed E-state index contributed by atoms with van der Waals surface area (Å²) in [4.78, 5) is 0. The van der Waals surface area contributed by atoms with Gasteiger partial charge in [0.25, 0.3) is 0 Å². The van der Waals surface area contributed by atoms with Crippen molar-refractivity contribution in [3.63, 3.8) is 0 Å². The molecular weight excluding hydrogens is 579 g/mol. The van der Waals surface area contributed by atoms with Gasteiger partial charge in [-0.25, -0.2) is 13.2 Å². The Labute approximate surface area is 254 Å². The van der Waals surface area contributed by atoms with E-state index in [1.165, 1.54) is 80.3 Å². The van der Waals surface area contributed by atoms with Crippen LogP contribution in [0.3, 0.4) is 0 Å². The lowest BCUT2D eigenvalue weighted by Gasteiger charge is -2.29. The van der Waals surface area contributed by atoms with Crippen LogP contribution in [0.5, 0.6) is 5.75 Å².